The maximum absolute atomic E-state index is 13.3. The number of nitrogens with one attached hydrogen (secondary N) is 1. The zero-order chi connectivity index (χ0) is 28.4. The standard InChI is InChI=1S/C30H39N3O6S/c1-24(30(35)31-17-16-25-8-4-2-5-9-25)33(22-26-10-6-3-7-11-26)29(34)23-39-27-12-14-28(15-13-27)40(36,37)32-18-20-38-21-19-32/h3,6-8,10-15,24H,2,4-5,9,16-23H2,1H3,(H,31,35). The van der Waals surface area contributed by atoms with Crippen LogP contribution in [-0.4, -0.2) is 74.9 Å². The van der Waals surface area contributed by atoms with Crippen LogP contribution in [-0.2, 0) is 30.9 Å². The second-order valence-corrected chi connectivity index (χ2v) is 12.0. The summed E-state index contributed by atoms with van der Waals surface area (Å²) in [7, 11) is -3.62. The Morgan fingerprint density at radius 1 is 1.05 bits per heavy atom. The highest BCUT2D eigenvalue weighted by molar-refractivity contribution is 7.89. The highest BCUT2D eigenvalue weighted by atomic mass is 32.2. The first-order valence-electron chi connectivity index (χ1n) is 13.9. The molecule has 10 heteroatoms. The molecule has 1 atom stereocenters. The van der Waals surface area contributed by atoms with Crippen molar-refractivity contribution < 1.29 is 27.5 Å². The molecule has 9 nitrogen and oxygen atoms in total. The molecule has 4 rings (SSSR count). The van der Waals surface area contributed by atoms with Crippen molar-refractivity contribution in [3.63, 3.8) is 0 Å². The van der Waals surface area contributed by atoms with E-state index in [0.717, 1.165) is 24.8 Å². The summed E-state index contributed by atoms with van der Waals surface area (Å²) in [5, 5.41) is 2.99. The summed E-state index contributed by atoms with van der Waals surface area (Å²) < 4.78 is 38.1. The molecule has 216 valence electrons. The van der Waals surface area contributed by atoms with Gasteiger partial charge >= 0.3 is 0 Å². The van der Waals surface area contributed by atoms with Crippen LogP contribution in [0.4, 0.5) is 0 Å². The van der Waals surface area contributed by atoms with Crippen LogP contribution in [0.1, 0.15) is 44.6 Å². The van der Waals surface area contributed by atoms with Crippen molar-refractivity contribution in [3.05, 3.63) is 71.8 Å². The molecule has 0 radical (unpaired) electrons. The van der Waals surface area contributed by atoms with Gasteiger partial charge in [0.1, 0.15) is 11.8 Å². The molecule has 2 amide bonds. The molecule has 0 saturated carbocycles. The van der Waals surface area contributed by atoms with Crippen molar-refractivity contribution >= 4 is 21.8 Å². The monoisotopic (exact) mass is 569 g/mol. The molecule has 1 unspecified atom stereocenters. The lowest BCUT2D eigenvalue weighted by atomic mass is 9.97. The highest BCUT2D eigenvalue weighted by Crippen LogP contribution is 2.21. The molecular weight excluding hydrogens is 530 g/mol. The lowest BCUT2D eigenvalue weighted by molar-refractivity contribution is -0.142. The Hall–Kier alpha value is -3.21. The van der Waals surface area contributed by atoms with E-state index in [1.54, 1.807) is 6.92 Å². The lowest BCUT2D eigenvalue weighted by Gasteiger charge is -2.29. The van der Waals surface area contributed by atoms with Gasteiger partial charge in [0, 0.05) is 26.2 Å². The minimum Gasteiger partial charge on any atom is -0.484 e. The molecule has 1 fully saturated rings. The Bertz CT molecular complexity index is 1260. The van der Waals surface area contributed by atoms with Gasteiger partial charge in [0.05, 0.1) is 18.1 Å². The van der Waals surface area contributed by atoms with Crippen LogP contribution >= 0.6 is 0 Å². The summed E-state index contributed by atoms with van der Waals surface area (Å²) in [6, 6.07) is 14.8. The Morgan fingerprint density at radius 3 is 2.45 bits per heavy atom. The first kappa shape index (κ1) is 29.8. The fraction of sp³-hybridized carbons (Fsp3) is 0.467. The van der Waals surface area contributed by atoms with Gasteiger partial charge in [0.15, 0.2) is 6.61 Å². The zero-order valence-corrected chi connectivity index (χ0v) is 23.9. The first-order chi connectivity index (χ1) is 19.3. The third-order valence-corrected chi connectivity index (χ3v) is 9.20. The number of carbonyl (C=O) groups is 2. The SMILES string of the molecule is CC(C(=O)NCCC1=CCCCC1)N(Cc1ccccc1)C(=O)COc1ccc(S(=O)(=O)N2CCOCC2)cc1. The van der Waals surface area contributed by atoms with Gasteiger partial charge in [-0.15, -0.1) is 0 Å². The van der Waals surface area contributed by atoms with Crippen molar-refractivity contribution in [1.29, 1.82) is 0 Å². The molecule has 1 aliphatic heterocycles. The average Bonchev–Trinajstić information content (AvgIpc) is 3.00. The minimum absolute atomic E-state index is 0.160. The predicted molar refractivity (Wildman–Crippen MR) is 152 cm³/mol. The molecule has 1 N–H and O–H groups in total. The van der Waals surface area contributed by atoms with Crippen LogP contribution in [0.25, 0.3) is 0 Å². The third-order valence-electron chi connectivity index (χ3n) is 7.29. The van der Waals surface area contributed by atoms with E-state index in [2.05, 4.69) is 11.4 Å². The van der Waals surface area contributed by atoms with Gasteiger partial charge in [-0.3, -0.25) is 9.59 Å². The molecule has 1 aliphatic carbocycles. The molecule has 0 spiro atoms. The highest BCUT2D eigenvalue weighted by Gasteiger charge is 2.28. The van der Waals surface area contributed by atoms with E-state index in [1.165, 1.54) is 51.9 Å². The molecule has 1 heterocycles. The number of ether oxygens (including phenoxy) is 2. The Morgan fingerprint density at radius 2 is 1.77 bits per heavy atom. The molecule has 2 aromatic rings. The predicted octanol–water partition coefficient (Wildman–Crippen LogP) is 3.51. The minimum atomic E-state index is -3.62. The quantitative estimate of drug-likeness (QED) is 0.392. The van der Waals surface area contributed by atoms with Crippen LogP contribution in [0, 0.1) is 0 Å². The number of carbonyl (C=O) groups excluding carboxylic acids is 2. The fourth-order valence-corrected chi connectivity index (χ4v) is 6.27. The second kappa shape index (κ2) is 14.4. The molecule has 2 aromatic carbocycles. The van der Waals surface area contributed by atoms with Gasteiger partial charge in [-0.1, -0.05) is 42.0 Å². The number of amides is 2. The maximum atomic E-state index is 13.3. The second-order valence-electron chi connectivity index (χ2n) is 10.1. The summed E-state index contributed by atoms with van der Waals surface area (Å²) in [4.78, 5) is 28.0. The summed E-state index contributed by atoms with van der Waals surface area (Å²) in [5.74, 6) is -0.184. The van der Waals surface area contributed by atoms with Crippen molar-refractivity contribution in [1.82, 2.24) is 14.5 Å². The van der Waals surface area contributed by atoms with Gasteiger partial charge in [0.2, 0.25) is 15.9 Å². The summed E-state index contributed by atoms with van der Waals surface area (Å²) >= 11 is 0. The number of nitrogens with zero attached hydrogens (tertiary/aromatic N) is 2. The number of sulfonamides is 1. The Labute approximate surface area is 237 Å². The summed E-state index contributed by atoms with van der Waals surface area (Å²) in [6.07, 6.45) is 7.70. The Kier molecular flexibility index (Phi) is 10.7. The van der Waals surface area contributed by atoms with E-state index in [-0.39, 0.29) is 29.9 Å². The molecule has 0 aromatic heterocycles. The molecule has 1 saturated heterocycles. The van der Waals surface area contributed by atoms with Gasteiger partial charge in [0.25, 0.3) is 5.91 Å². The number of hydrogen-bond donors (Lipinski definition) is 1. The lowest BCUT2D eigenvalue weighted by Crippen LogP contribution is -2.49. The number of rotatable bonds is 12. The normalized spacial score (nSPS) is 17.0. The average molecular weight is 570 g/mol. The Balaban J connectivity index is 1.36. The van der Waals surface area contributed by atoms with E-state index in [9.17, 15) is 18.0 Å². The smallest absolute Gasteiger partial charge is 0.261 e. The molecule has 0 bridgehead atoms. The van der Waals surface area contributed by atoms with Crippen LogP contribution in [0.15, 0.2) is 71.1 Å². The topological polar surface area (TPSA) is 105 Å². The fourth-order valence-electron chi connectivity index (χ4n) is 4.86. The van der Waals surface area contributed by atoms with Crippen molar-refractivity contribution in [2.75, 3.05) is 39.5 Å². The van der Waals surface area contributed by atoms with Crippen molar-refractivity contribution in [2.24, 2.45) is 0 Å². The van der Waals surface area contributed by atoms with Crippen LogP contribution < -0.4 is 10.1 Å². The van der Waals surface area contributed by atoms with E-state index in [1.807, 2.05) is 30.3 Å². The van der Waals surface area contributed by atoms with Gasteiger partial charge in [-0.25, -0.2) is 8.42 Å². The van der Waals surface area contributed by atoms with Gasteiger partial charge in [-0.2, -0.15) is 4.31 Å². The maximum Gasteiger partial charge on any atom is 0.261 e. The van der Waals surface area contributed by atoms with Crippen LogP contribution in [0.2, 0.25) is 0 Å². The van der Waals surface area contributed by atoms with Gasteiger partial charge in [-0.05, 0) is 68.9 Å². The van der Waals surface area contributed by atoms with Crippen molar-refractivity contribution in [2.45, 2.75) is 56.5 Å². The van der Waals surface area contributed by atoms with E-state index in [0.29, 0.717) is 38.6 Å². The van der Waals surface area contributed by atoms with E-state index < -0.39 is 16.1 Å². The first-order valence-corrected chi connectivity index (χ1v) is 15.4. The van der Waals surface area contributed by atoms with Gasteiger partial charge < -0.3 is 19.7 Å². The van der Waals surface area contributed by atoms with E-state index in [4.69, 9.17) is 9.47 Å². The number of benzene rings is 2. The largest absolute Gasteiger partial charge is 0.484 e. The van der Waals surface area contributed by atoms with Crippen LogP contribution in [0.3, 0.4) is 0 Å². The van der Waals surface area contributed by atoms with Crippen molar-refractivity contribution in [3.8, 4) is 5.75 Å². The molecular formula is C30H39N3O6S. The molecule has 2 aliphatic rings. The number of hydrogen-bond acceptors (Lipinski definition) is 6. The summed E-state index contributed by atoms with van der Waals surface area (Å²) in [6.45, 7) is 3.62. The summed E-state index contributed by atoms with van der Waals surface area (Å²) in [5.41, 5.74) is 2.29. The number of morpholine rings is 1. The molecule has 40 heavy (non-hydrogen) atoms. The van der Waals surface area contributed by atoms with E-state index >= 15 is 0 Å². The number of allylic oxidation sites excluding steroid dienone is 1. The third kappa shape index (κ3) is 8.16. The zero-order valence-electron chi connectivity index (χ0n) is 23.1. The van der Waals surface area contributed by atoms with Crippen LogP contribution in [0.5, 0.6) is 5.75 Å².